The lowest BCUT2D eigenvalue weighted by atomic mass is 10.1. The Morgan fingerprint density at radius 3 is 2.44 bits per heavy atom. The van der Waals surface area contributed by atoms with Gasteiger partial charge >= 0.3 is 0 Å². The fourth-order valence-electron chi connectivity index (χ4n) is 1.89. The Hall–Kier alpha value is -2.22. The number of nitrogens with zero attached hydrogens (tertiary/aromatic N) is 1. The van der Waals surface area contributed by atoms with Crippen molar-refractivity contribution < 1.29 is 0 Å². The van der Waals surface area contributed by atoms with E-state index < -0.39 is 0 Å². The Bertz CT molecular complexity index is 588. The first-order chi connectivity index (χ1) is 7.83. The molecule has 0 atom stereocenters. The first kappa shape index (κ1) is 9.04. The van der Waals surface area contributed by atoms with Crippen LogP contribution < -0.4 is 5.73 Å². The Kier molecular flexibility index (Phi) is 1.93. The fraction of sp³-hybridized carbons (Fsp3) is 0. The normalized spacial score (nSPS) is 10.8. The topological polar surface area (TPSA) is 30.4 Å². The zero-order valence-electron chi connectivity index (χ0n) is 8.80. The highest BCUT2D eigenvalue weighted by Gasteiger charge is 2.01. The second-order valence-electron chi connectivity index (χ2n) is 3.88. The van der Waals surface area contributed by atoms with Gasteiger partial charge in [0.25, 0.3) is 0 Å². The Morgan fingerprint density at radius 1 is 0.875 bits per heavy atom. The van der Waals surface area contributed by atoms with Crippen LogP contribution in [0.25, 0.3) is 16.6 Å². The number of nitrogen functional groups attached to an aromatic ring is 1. The molecule has 2 nitrogen and oxygen atoms in total. The van der Waals surface area contributed by atoms with Crippen LogP contribution in [0.3, 0.4) is 0 Å². The maximum Gasteiger partial charge on any atom is 0.0456 e. The van der Waals surface area contributed by atoms with Gasteiger partial charge in [-0.05, 0) is 35.9 Å². The third kappa shape index (κ3) is 1.44. The number of anilines is 1. The van der Waals surface area contributed by atoms with E-state index in [9.17, 15) is 0 Å². The van der Waals surface area contributed by atoms with E-state index in [4.69, 9.17) is 5.73 Å². The highest BCUT2D eigenvalue weighted by molar-refractivity contribution is 5.71. The van der Waals surface area contributed by atoms with Gasteiger partial charge in [0.15, 0.2) is 0 Å². The van der Waals surface area contributed by atoms with E-state index in [-0.39, 0.29) is 0 Å². The number of benzene rings is 1. The van der Waals surface area contributed by atoms with Crippen molar-refractivity contribution in [3.8, 4) is 11.1 Å². The first-order valence-corrected chi connectivity index (χ1v) is 5.25. The van der Waals surface area contributed by atoms with Gasteiger partial charge < -0.3 is 10.1 Å². The van der Waals surface area contributed by atoms with Crippen molar-refractivity contribution in [2.45, 2.75) is 0 Å². The number of aromatic nitrogens is 1. The molecular weight excluding hydrogens is 196 g/mol. The van der Waals surface area contributed by atoms with Crippen LogP contribution in [0.1, 0.15) is 0 Å². The molecule has 0 saturated carbocycles. The molecule has 78 valence electrons. The quantitative estimate of drug-likeness (QED) is 0.612. The number of hydrogen-bond donors (Lipinski definition) is 1. The Morgan fingerprint density at radius 2 is 1.69 bits per heavy atom. The van der Waals surface area contributed by atoms with E-state index >= 15 is 0 Å². The van der Waals surface area contributed by atoms with Crippen LogP contribution in [0.2, 0.25) is 0 Å². The molecule has 0 aliphatic heterocycles. The molecular formula is C14H12N2. The van der Waals surface area contributed by atoms with E-state index in [2.05, 4.69) is 28.9 Å². The number of hydrogen-bond acceptors (Lipinski definition) is 1. The third-order valence-electron chi connectivity index (χ3n) is 2.75. The van der Waals surface area contributed by atoms with E-state index in [1.54, 1.807) is 0 Å². The lowest BCUT2D eigenvalue weighted by Gasteiger charge is -1.97. The second kappa shape index (κ2) is 3.42. The van der Waals surface area contributed by atoms with Crippen LogP contribution in [-0.2, 0) is 0 Å². The third-order valence-corrected chi connectivity index (χ3v) is 2.75. The van der Waals surface area contributed by atoms with E-state index in [0.29, 0.717) is 0 Å². The molecule has 16 heavy (non-hydrogen) atoms. The van der Waals surface area contributed by atoms with Crippen molar-refractivity contribution in [3.05, 3.63) is 60.9 Å². The molecule has 2 heterocycles. The van der Waals surface area contributed by atoms with Crippen molar-refractivity contribution >= 4 is 11.2 Å². The van der Waals surface area contributed by atoms with Crippen molar-refractivity contribution in [1.29, 1.82) is 0 Å². The molecule has 0 radical (unpaired) electrons. The summed E-state index contributed by atoms with van der Waals surface area (Å²) < 4.78 is 2.12. The van der Waals surface area contributed by atoms with Gasteiger partial charge in [-0.15, -0.1) is 0 Å². The largest absolute Gasteiger partial charge is 0.399 e. The summed E-state index contributed by atoms with van der Waals surface area (Å²) in [4.78, 5) is 0. The van der Waals surface area contributed by atoms with E-state index in [1.807, 2.05) is 36.4 Å². The monoisotopic (exact) mass is 208 g/mol. The lowest BCUT2D eigenvalue weighted by molar-refractivity contribution is 1.20. The van der Waals surface area contributed by atoms with Gasteiger partial charge in [-0.3, -0.25) is 0 Å². The standard InChI is InChI=1S/C14H12N2/c15-13-6-4-11(5-7-13)12-9-14-3-1-2-8-16(14)10-12/h1-10H,15H2. The first-order valence-electron chi connectivity index (χ1n) is 5.25. The van der Waals surface area contributed by atoms with Crippen LogP contribution in [0.15, 0.2) is 60.9 Å². The van der Waals surface area contributed by atoms with E-state index in [1.165, 1.54) is 16.6 Å². The molecule has 1 aromatic carbocycles. The average molecular weight is 208 g/mol. The minimum atomic E-state index is 0.799. The zero-order chi connectivity index (χ0) is 11.0. The molecule has 0 fully saturated rings. The average Bonchev–Trinajstić information content (AvgIpc) is 2.73. The number of fused-ring (bicyclic) bond motifs is 1. The predicted octanol–water partition coefficient (Wildman–Crippen LogP) is 3.19. The molecule has 0 bridgehead atoms. The summed E-state index contributed by atoms with van der Waals surface area (Å²) in [6, 6.07) is 16.3. The van der Waals surface area contributed by atoms with Gasteiger partial charge in [-0.2, -0.15) is 0 Å². The molecule has 0 aliphatic rings. The molecule has 0 saturated heterocycles. The molecule has 2 N–H and O–H groups in total. The molecule has 0 unspecified atom stereocenters. The summed E-state index contributed by atoms with van der Waals surface area (Å²) >= 11 is 0. The summed E-state index contributed by atoms with van der Waals surface area (Å²) in [6.07, 6.45) is 4.18. The highest BCUT2D eigenvalue weighted by Crippen LogP contribution is 2.23. The van der Waals surface area contributed by atoms with Gasteiger partial charge in [-0.25, -0.2) is 0 Å². The van der Waals surface area contributed by atoms with Crippen LogP contribution >= 0.6 is 0 Å². The number of pyridine rings is 1. The minimum absolute atomic E-state index is 0.799. The van der Waals surface area contributed by atoms with Crippen LogP contribution in [0.4, 0.5) is 5.69 Å². The molecule has 0 spiro atoms. The maximum absolute atomic E-state index is 5.67. The van der Waals surface area contributed by atoms with Crippen molar-refractivity contribution in [1.82, 2.24) is 4.40 Å². The predicted molar refractivity (Wildman–Crippen MR) is 67.2 cm³/mol. The van der Waals surface area contributed by atoms with Gasteiger partial charge in [-0.1, -0.05) is 18.2 Å². The zero-order valence-corrected chi connectivity index (χ0v) is 8.80. The number of nitrogens with two attached hydrogens (primary N) is 1. The Balaban J connectivity index is 2.15. The van der Waals surface area contributed by atoms with Crippen LogP contribution in [0, 0.1) is 0 Å². The molecule has 0 aliphatic carbocycles. The summed E-state index contributed by atoms with van der Waals surface area (Å²) in [5.74, 6) is 0. The number of rotatable bonds is 1. The molecule has 3 aromatic rings. The smallest absolute Gasteiger partial charge is 0.0456 e. The lowest BCUT2D eigenvalue weighted by Crippen LogP contribution is -1.82. The highest BCUT2D eigenvalue weighted by atomic mass is 14.8. The van der Waals surface area contributed by atoms with E-state index in [0.717, 1.165) is 5.69 Å². The molecule has 0 amide bonds. The fourth-order valence-corrected chi connectivity index (χ4v) is 1.89. The van der Waals surface area contributed by atoms with Gasteiger partial charge in [0.1, 0.15) is 0 Å². The van der Waals surface area contributed by atoms with Crippen molar-refractivity contribution in [2.75, 3.05) is 5.73 Å². The SMILES string of the molecule is Nc1ccc(-c2cc3ccccn3c2)cc1. The van der Waals surface area contributed by atoms with Crippen LogP contribution in [0.5, 0.6) is 0 Å². The van der Waals surface area contributed by atoms with Crippen LogP contribution in [-0.4, -0.2) is 4.40 Å². The summed E-state index contributed by atoms with van der Waals surface area (Å²) in [6.45, 7) is 0. The molecule has 2 heteroatoms. The molecule has 2 aromatic heterocycles. The summed E-state index contributed by atoms with van der Waals surface area (Å²) in [5.41, 5.74) is 10.1. The van der Waals surface area contributed by atoms with Crippen molar-refractivity contribution in [3.63, 3.8) is 0 Å². The van der Waals surface area contributed by atoms with Crippen molar-refractivity contribution in [2.24, 2.45) is 0 Å². The van der Waals surface area contributed by atoms with Gasteiger partial charge in [0.05, 0.1) is 0 Å². The summed E-state index contributed by atoms with van der Waals surface area (Å²) in [7, 11) is 0. The molecule has 3 rings (SSSR count). The van der Waals surface area contributed by atoms with Gasteiger partial charge in [0, 0.05) is 29.2 Å². The second-order valence-corrected chi connectivity index (χ2v) is 3.88. The minimum Gasteiger partial charge on any atom is -0.399 e. The Labute approximate surface area is 93.9 Å². The van der Waals surface area contributed by atoms with Gasteiger partial charge in [0.2, 0.25) is 0 Å². The summed E-state index contributed by atoms with van der Waals surface area (Å²) in [5, 5.41) is 0. The maximum atomic E-state index is 5.67.